The zero-order valence-electron chi connectivity index (χ0n) is 6.77. The van der Waals surface area contributed by atoms with Crippen molar-refractivity contribution in [1.82, 2.24) is 5.32 Å². The minimum atomic E-state index is -1.11. The van der Waals surface area contributed by atoms with Crippen molar-refractivity contribution in [3.63, 3.8) is 0 Å². The Morgan fingerprint density at radius 2 is 2.36 bits per heavy atom. The molecule has 11 heavy (non-hydrogen) atoms. The van der Waals surface area contributed by atoms with E-state index < -0.39 is 23.3 Å². The van der Waals surface area contributed by atoms with E-state index in [9.17, 15) is 4.79 Å². The first-order valence-electron chi connectivity index (χ1n) is 4.07. The second-order valence-corrected chi connectivity index (χ2v) is 11.1. The third-order valence-corrected chi connectivity index (χ3v) is 11.1. The van der Waals surface area contributed by atoms with Gasteiger partial charge in [-0.2, -0.15) is 0 Å². The summed E-state index contributed by atoms with van der Waals surface area (Å²) in [5.74, 6) is 0.0976. The molecular weight excluding hydrogens is 350 g/mol. The first-order valence-corrected chi connectivity index (χ1v) is 14.0. The summed E-state index contributed by atoms with van der Waals surface area (Å²) in [7, 11) is 5.96. The van der Waals surface area contributed by atoms with E-state index in [2.05, 4.69) is 5.32 Å². The zero-order valence-corrected chi connectivity index (χ0v) is 13.0. The first kappa shape index (κ1) is 9.78. The number of hydrogen-bond acceptors (Lipinski definition) is 1. The van der Waals surface area contributed by atoms with Gasteiger partial charge in [0.05, 0.1) is 0 Å². The summed E-state index contributed by atoms with van der Waals surface area (Å²) in [5, 5.41) is 2.97. The van der Waals surface area contributed by atoms with Crippen molar-refractivity contribution in [2.24, 2.45) is 0 Å². The predicted octanol–water partition coefficient (Wildman–Crippen LogP) is 1.70. The van der Waals surface area contributed by atoms with E-state index in [0.29, 0.717) is 6.04 Å². The molecule has 0 unspecified atom stereocenters. The SMILES string of the molecule is CC(=O)N[C@@H]1CCC[C@H]1[Hg][Cl]. The number of carbonyl (C=O) groups excluding carboxylic acids is 1. The Morgan fingerprint density at radius 1 is 1.64 bits per heavy atom. The van der Waals surface area contributed by atoms with Gasteiger partial charge in [0.15, 0.2) is 0 Å². The van der Waals surface area contributed by atoms with Crippen LogP contribution >= 0.6 is 8.25 Å². The summed E-state index contributed by atoms with van der Waals surface area (Å²) in [6.45, 7) is 1.58. The minimum absolute atomic E-state index is 0.0976. The number of carbonyl (C=O) groups is 1. The van der Waals surface area contributed by atoms with Gasteiger partial charge in [0.25, 0.3) is 0 Å². The van der Waals surface area contributed by atoms with Gasteiger partial charge in [-0.3, -0.25) is 0 Å². The fourth-order valence-electron chi connectivity index (χ4n) is 1.67. The molecule has 0 saturated heterocycles. The van der Waals surface area contributed by atoms with Crippen molar-refractivity contribution in [3.8, 4) is 0 Å². The second-order valence-electron chi connectivity index (χ2n) is 3.15. The monoisotopic (exact) mass is 363 g/mol. The molecular formula is C7H12ClHgNO. The van der Waals surface area contributed by atoms with Crippen molar-refractivity contribution in [2.45, 2.75) is 35.7 Å². The van der Waals surface area contributed by atoms with Crippen molar-refractivity contribution >= 4 is 14.2 Å². The summed E-state index contributed by atoms with van der Waals surface area (Å²) < 4.78 is 0.723. The van der Waals surface area contributed by atoms with E-state index >= 15 is 0 Å². The van der Waals surface area contributed by atoms with Crippen LogP contribution in [0.2, 0.25) is 3.43 Å². The van der Waals surface area contributed by atoms with Crippen LogP contribution in [-0.2, 0) is 28.1 Å². The van der Waals surface area contributed by atoms with Crippen LogP contribution < -0.4 is 5.32 Å². The van der Waals surface area contributed by atoms with Crippen molar-refractivity contribution < 1.29 is 28.1 Å². The van der Waals surface area contributed by atoms with Gasteiger partial charge in [0, 0.05) is 0 Å². The number of amides is 1. The van der Waals surface area contributed by atoms with Crippen LogP contribution in [0, 0.1) is 0 Å². The van der Waals surface area contributed by atoms with Crippen LogP contribution in [0.25, 0.3) is 0 Å². The van der Waals surface area contributed by atoms with Gasteiger partial charge in [0.2, 0.25) is 0 Å². The van der Waals surface area contributed by atoms with Crippen LogP contribution in [0.5, 0.6) is 0 Å². The topological polar surface area (TPSA) is 29.1 Å². The Labute approximate surface area is 82.9 Å². The van der Waals surface area contributed by atoms with E-state index in [4.69, 9.17) is 8.25 Å². The molecule has 1 N–H and O–H groups in total. The summed E-state index contributed by atoms with van der Waals surface area (Å²) >= 11 is -1.11. The molecule has 1 rings (SSSR count). The number of halogens is 1. The zero-order chi connectivity index (χ0) is 8.27. The van der Waals surface area contributed by atoms with E-state index in [0.717, 1.165) is 9.85 Å². The molecule has 1 aliphatic carbocycles. The van der Waals surface area contributed by atoms with Crippen molar-refractivity contribution in [1.29, 1.82) is 0 Å². The molecule has 0 heterocycles. The molecule has 2 atom stereocenters. The maximum absolute atomic E-state index is 10.7. The van der Waals surface area contributed by atoms with Gasteiger partial charge in [0.1, 0.15) is 0 Å². The third-order valence-electron chi connectivity index (χ3n) is 2.25. The third kappa shape index (κ3) is 2.90. The van der Waals surface area contributed by atoms with Gasteiger partial charge in [-0.15, -0.1) is 0 Å². The fourth-order valence-corrected chi connectivity index (χ4v) is 8.85. The van der Waals surface area contributed by atoms with Crippen LogP contribution in [-0.4, -0.2) is 11.9 Å². The molecule has 0 bridgehead atoms. The maximum atomic E-state index is 10.7. The quantitative estimate of drug-likeness (QED) is 0.745. The van der Waals surface area contributed by atoms with E-state index in [1.54, 1.807) is 6.92 Å². The van der Waals surface area contributed by atoms with E-state index in [-0.39, 0.29) is 5.91 Å². The Hall–Kier alpha value is 0.695. The number of nitrogens with one attached hydrogen (secondary N) is 1. The summed E-state index contributed by atoms with van der Waals surface area (Å²) in [5.41, 5.74) is 0. The van der Waals surface area contributed by atoms with Crippen molar-refractivity contribution in [2.75, 3.05) is 0 Å². The average molecular weight is 362 g/mol. The van der Waals surface area contributed by atoms with E-state index in [1.165, 1.54) is 12.8 Å². The Balaban J connectivity index is 2.37. The summed E-state index contributed by atoms with van der Waals surface area (Å²) in [6.07, 6.45) is 3.66. The van der Waals surface area contributed by atoms with Crippen molar-refractivity contribution in [3.05, 3.63) is 0 Å². The Morgan fingerprint density at radius 3 is 2.91 bits per heavy atom. The molecule has 0 radical (unpaired) electrons. The molecule has 4 heteroatoms. The molecule has 1 aliphatic rings. The molecule has 0 spiro atoms. The molecule has 0 aliphatic heterocycles. The normalized spacial score (nSPS) is 29.6. The molecule has 0 aromatic heterocycles. The number of rotatable bonds is 2. The fraction of sp³-hybridized carbons (Fsp3) is 0.857. The molecule has 1 saturated carbocycles. The summed E-state index contributed by atoms with van der Waals surface area (Å²) in [6, 6.07) is 0.437. The van der Waals surface area contributed by atoms with Crippen LogP contribution in [0.4, 0.5) is 0 Å². The van der Waals surface area contributed by atoms with Gasteiger partial charge in [-0.05, 0) is 0 Å². The van der Waals surface area contributed by atoms with Gasteiger partial charge in [-0.1, -0.05) is 0 Å². The predicted molar refractivity (Wildman–Crippen MR) is 41.1 cm³/mol. The molecule has 60 valence electrons. The standard InChI is InChI=1S/C7H12NO.ClH.Hg/c1-6(9)8-7-4-2-3-5-7;;/h4,7H,2-3,5H2,1H3,(H,8,9);1H;/q;;+1/p-1/t7-;;/m0../s1. The summed E-state index contributed by atoms with van der Waals surface area (Å²) in [4.78, 5) is 10.7. The Kier molecular flexibility index (Phi) is 4.14. The Bertz CT molecular complexity index is 153. The molecule has 2 nitrogen and oxygen atoms in total. The molecule has 1 amide bonds. The van der Waals surface area contributed by atoms with Crippen LogP contribution in [0.15, 0.2) is 0 Å². The molecule has 0 aromatic rings. The van der Waals surface area contributed by atoms with Crippen LogP contribution in [0.1, 0.15) is 26.2 Å². The number of hydrogen-bond donors (Lipinski definition) is 1. The van der Waals surface area contributed by atoms with Gasteiger partial charge >= 0.3 is 83.3 Å². The van der Waals surface area contributed by atoms with Gasteiger partial charge < -0.3 is 0 Å². The van der Waals surface area contributed by atoms with Gasteiger partial charge in [-0.25, -0.2) is 0 Å². The van der Waals surface area contributed by atoms with Crippen LogP contribution in [0.3, 0.4) is 0 Å². The molecule has 1 fully saturated rings. The second kappa shape index (κ2) is 4.66. The average Bonchev–Trinajstić information content (AvgIpc) is 2.34. The first-order chi connectivity index (χ1) is 5.24. The van der Waals surface area contributed by atoms with E-state index in [1.807, 2.05) is 0 Å². The molecule has 0 aromatic carbocycles.